The molecule has 0 unspecified atom stereocenters. The summed E-state index contributed by atoms with van der Waals surface area (Å²) in [7, 11) is 0. The molecule has 0 aliphatic carbocycles. The van der Waals surface area contributed by atoms with Gasteiger partial charge >= 0.3 is 6.16 Å². The SMILES string of the molecule is C=Cc1cccc(OC(=O)Oc2cccc(C=C)c2C=C)c1C=C. The zero-order valence-electron chi connectivity index (χ0n) is 13.3. The van der Waals surface area contributed by atoms with Gasteiger partial charge in [0.15, 0.2) is 0 Å². The van der Waals surface area contributed by atoms with Gasteiger partial charge in [-0.3, -0.25) is 0 Å². The highest BCUT2D eigenvalue weighted by atomic mass is 16.7. The van der Waals surface area contributed by atoms with Crippen LogP contribution in [0.15, 0.2) is 62.7 Å². The van der Waals surface area contributed by atoms with Crippen LogP contribution in [-0.2, 0) is 0 Å². The van der Waals surface area contributed by atoms with E-state index in [0.717, 1.165) is 11.1 Å². The fraction of sp³-hybridized carbons (Fsp3) is 0. The summed E-state index contributed by atoms with van der Waals surface area (Å²) in [6.45, 7) is 14.9. The first-order valence-corrected chi connectivity index (χ1v) is 7.30. The van der Waals surface area contributed by atoms with Gasteiger partial charge in [0, 0.05) is 11.1 Å². The first-order chi connectivity index (χ1) is 11.6. The van der Waals surface area contributed by atoms with Crippen LogP contribution >= 0.6 is 0 Å². The van der Waals surface area contributed by atoms with E-state index in [0.29, 0.717) is 22.6 Å². The Morgan fingerprint density at radius 2 is 1.12 bits per heavy atom. The molecule has 0 N–H and O–H groups in total. The highest BCUT2D eigenvalue weighted by Crippen LogP contribution is 2.27. The quantitative estimate of drug-likeness (QED) is 0.496. The predicted molar refractivity (Wildman–Crippen MR) is 99.9 cm³/mol. The highest BCUT2D eigenvalue weighted by molar-refractivity contribution is 5.76. The Bertz CT molecular complexity index is 748. The van der Waals surface area contributed by atoms with E-state index in [2.05, 4.69) is 26.3 Å². The van der Waals surface area contributed by atoms with Crippen molar-refractivity contribution < 1.29 is 14.3 Å². The van der Waals surface area contributed by atoms with Gasteiger partial charge < -0.3 is 9.47 Å². The van der Waals surface area contributed by atoms with E-state index in [9.17, 15) is 4.79 Å². The van der Waals surface area contributed by atoms with Crippen LogP contribution in [0.5, 0.6) is 11.5 Å². The Kier molecular flexibility index (Phi) is 5.53. The predicted octanol–water partition coefficient (Wildman–Crippen LogP) is 5.84. The second-order valence-electron chi connectivity index (χ2n) is 4.79. The van der Waals surface area contributed by atoms with Crippen LogP contribution < -0.4 is 9.47 Å². The Morgan fingerprint density at radius 3 is 1.46 bits per heavy atom. The summed E-state index contributed by atoms with van der Waals surface area (Å²) in [4.78, 5) is 12.2. The van der Waals surface area contributed by atoms with Crippen molar-refractivity contribution >= 4 is 30.5 Å². The summed E-state index contributed by atoms with van der Waals surface area (Å²) in [5, 5.41) is 0. The molecule has 2 aromatic carbocycles. The largest absolute Gasteiger partial charge is 0.519 e. The van der Waals surface area contributed by atoms with E-state index in [-0.39, 0.29) is 0 Å². The van der Waals surface area contributed by atoms with Gasteiger partial charge in [-0.15, -0.1) is 0 Å². The number of carbonyl (C=O) groups excluding carboxylic acids is 1. The zero-order valence-corrected chi connectivity index (χ0v) is 13.3. The molecular weight excluding hydrogens is 300 g/mol. The molecule has 0 saturated heterocycles. The van der Waals surface area contributed by atoms with Crippen LogP contribution in [0.3, 0.4) is 0 Å². The minimum Gasteiger partial charge on any atom is -0.394 e. The molecule has 120 valence electrons. The van der Waals surface area contributed by atoms with Gasteiger partial charge in [0.25, 0.3) is 0 Å². The third kappa shape index (κ3) is 3.52. The Balaban J connectivity index is 2.27. The summed E-state index contributed by atoms with van der Waals surface area (Å²) < 4.78 is 10.6. The minimum atomic E-state index is -0.844. The second kappa shape index (κ2) is 7.79. The summed E-state index contributed by atoms with van der Waals surface area (Å²) >= 11 is 0. The maximum atomic E-state index is 12.2. The Hall–Kier alpha value is -3.33. The van der Waals surface area contributed by atoms with Crippen LogP contribution in [0, 0.1) is 0 Å². The van der Waals surface area contributed by atoms with Crippen LogP contribution in [0.4, 0.5) is 4.79 Å². The Morgan fingerprint density at radius 1 is 0.708 bits per heavy atom. The zero-order chi connectivity index (χ0) is 17.5. The van der Waals surface area contributed by atoms with Crippen molar-refractivity contribution in [1.29, 1.82) is 0 Å². The molecule has 2 aromatic rings. The average Bonchev–Trinajstić information content (AvgIpc) is 2.60. The van der Waals surface area contributed by atoms with Gasteiger partial charge in [-0.1, -0.05) is 74.9 Å². The van der Waals surface area contributed by atoms with Crippen molar-refractivity contribution in [3.63, 3.8) is 0 Å². The summed E-state index contributed by atoms with van der Waals surface area (Å²) in [5.74, 6) is 0.708. The second-order valence-corrected chi connectivity index (χ2v) is 4.79. The highest BCUT2D eigenvalue weighted by Gasteiger charge is 2.14. The van der Waals surface area contributed by atoms with E-state index < -0.39 is 6.16 Å². The van der Waals surface area contributed by atoms with Crippen LogP contribution in [0.25, 0.3) is 24.3 Å². The van der Waals surface area contributed by atoms with E-state index in [1.807, 2.05) is 12.1 Å². The van der Waals surface area contributed by atoms with E-state index in [1.165, 1.54) is 0 Å². The lowest BCUT2D eigenvalue weighted by atomic mass is 10.1. The Labute approximate surface area is 141 Å². The van der Waals surface area contributed by atoms with Gasteiger partial charge in [0.05, 0.1) is 0 Å². The molecule has 0 aromatic heterocycles. The summed E-state index contributed by atoms with van der Waals surface area (Å²) in [6, 6.07) is 10.6. The maximum absolute atomic E-state index is 12.2. The standard InChI is InChI=1S/C21H18O3/c1-5-15-11-9-13-19(17(15)7-3)23-21(22)24-20-14-10-12-16(6-2)18(20)8-4/h5-14H,1-4H2. The van der Waals surface area contributed by atoms with Gasteiger partial charge in [0.1, 0.15) is 11.5 Å². The third-order valence-corrected chi connectivity index (χ3v) is 3.43. The number of ether oxygens (including phenoxy) is 2. The van der Waals surface area contributed by atoms with Crippen molar-refractivity contribution in [2.45, 2.75) is 0 Å². The molecule has 0 aliphatic heterocycles. The molecule has 3 heteroatoms. The molecule has 0 fully saturated rings. The molecule has 0 bridgehead atoms. The summed E-state index contributed by atoms with van der Waals surface area (Å²) in [5.41, 5.74) is 2.98. The minimum absolute atomic E-state index is 0.354. The molecule has 2 rings (SSSR count). The molecule has 24 heavy (non-hydrogen) atoms. The molecule has 0 atom stereocenters. The van der Waals surface area contributed by atoms with Crippen molar-refractivity contribution in [3.8, 4) is 11.5 Å². The van der Waals surface area contributed by atoms with Gasteiger partial charge in [-0.25, -0.2) is 4.79 Å². The van der Waals surface area contributed by atoms with Crippen molar-refractivity contribution in [2.24, 2.45) is 0 Å². The van der Waals surface area contributed by atoms with E-state index in [1.54, 1.807) is 48.6 Å². The number of benzene rings is 2. The molecule has 0 amide bonds. The number of carbonyl (C=O) groups is 1. The molecule has 0 radical (unpaired) electrons. The van der Waals surface area contributed by atoms with Crippen molar-refractivity contribution in [3.05, 3.63) is 85.0 Å². The number of hydrogen-bond acceptors (Lipinski definition) is 3. The molecule has 0 aliphatic rings. The first kappa shape index (κ1) is 17.0. The molecule has 0 saturated carbocycles. The summed E-state index contributed by atoms with van der Waals surface area (Å²) in [6.07, 6.45) is 5.70. The molecule has 0 spiro atoms. The van der Waals surface area contributed by atoms with Gasteiger partial charge in [0.2, 0.25) is 0 Å². The lowest BCUT2D eigenvalue weighted by Crippen LogP contribution is -2.15. The van der Waals surface area contributed by atoms with Gasteiger partial charge in [-0.05, 0) is 23.3 Å². The third-order valence-electron chi connectivity index (χ3n) is 3.43. The normalized spacial score (nSPS) is 9.67. The number of hydrogen-bond donors (Lipinski definition) is 0. The lowest BCUT2D eigenvalue weighted by molar-refractivity contribution is 0.151. The van der Waals surface area contributed by atoms with Crippen molar-refractivity contribution in [2.75, 3.05) is 0 Å². The van der Waals surface area contributed by atoms with Crippen LogP contribution in [0.1, 0.15) is 22.3 Å². The van der Waals surface area contributed by atoms with E-state index >= 15 is 0 Å². The maximum Gasteiger partial charge on any atom is 0.519 e. The first-order valence-electron chi connectivity index (χ1n) is 7.30. The van der Waals surface area contributed by atoms with Crippen molar-refractivity contribution in [1.82, 2.24) is 0 Å². The number of rotatable bonds is 6. The molecular formula is C21H18O3. The smallest absolute Gasteiger partial charge is 0.394 e. The molecule has 3 nitrogen and oxygen atoms in total. The molecule has 0 heterocycles. The van der Waals surface area contributed by atoms with Crippen LogP contribution in [-0.4, -0.2) is 6.16 Å². The fourth-order valence-corrected chi connectivity index (χ4v) is 2.29. The topological polar surface area (TPSA) is 35.5 Å². The lowest BCUT2D eigenvalue weighted by Gasteiger charge is -2.12. The fourth-order valence-electron chi connectivity index (χ4n) is 2.29. The van der Waals surface area contributed by atoms with Crippen LogP contribution in [0.2, 0.25) is 0 Å². The monoisotopic (exact) mass is 318 g/mol. The average molecular weight is 318 g/mol. The van der Waals surface area contributed by atoms with E-state index in [4.69, 9.17) is 9.47 Å². The van der Waals surface area contributed by atoms with Gasteiger partial charge in [-0.2, -0.15) is 0 Å².